The zero-order valence-corrected chi connectivity index (χ0v) is 10.8. The minimum absolute atomic E-state index is 0.134. The Morgan fingerprint density at radius 2 is 1.88 bits per heavy atom. The van der Waals surface area contributed by atoms with Gasteiger partial charge in [0.15, 0.2) is 5.78 Å². The first-order valence-corrected chi connectivity index (χ1v) is 5.51. The molecule has 0 aliphatic heterocycles. The third kappa shape index (κ3) is 3.17. The molecule has 0 heterocycles. The maximum Gasteiger partial charge on any atom is 0.165 e. The molecule has 0 saturated heterocycles. The molecule has 0 N–H and O–H groups in total. The molecule has 0 bridgehead atoms. The molecule has 0 saturated carbocycles. The fourth-order valence-electron chi connectivity index (χ4n) is 1.48. The molecular weight excluding hydrogens is 200 g/mol. The van der Waals surface area contributed by atoms with Crippen LogP contribution in [0.4, 0.5) is 0 Å². The van der Waals surface area contributed by atoms with Gasteiger partial charge in [0.05, 0.1) is 5.60 Å². The summed E-state index contributed by atoms with van der Waals surface area (Å²) in [5.74, 6) is 0.134. The Hall–Kier alpha value is -1.15. The summed E-state index contributed by atoms with van der Waals surface area (Å²) in [6.45, 7) is 7.91. The number of rotatable bonds is 4. The van der Waals surface area contributed by atoms with Crippen LogP contribution in [0.2, 0.25) is 0 Å². The first kappa shape index (κ1) is 12.9. The van der Waals surface area contributed by atoms with Crippen molar-refractivity contribution in [3.63, 3.8) is 0 Å². The van der Waals surface area contributed by atoms with Crippen molar-refractivity contribution in [2.75, 3.05) is 7.11 Å². The summed E-state index contributed by atoms with van der Waals surface area (Å²) < 4.78 is 5.26. The van der Waals surface area contributed by atoms with E-state index in [1.807, 2.05) is 45.9 Å². The summed E-state index contributed by atoms with van der Waals surface area (Å²) in [5, 5.41) is 0. The third-order valence-electron chi connectivity index (χ3n) is 2.97. The molecule has 2 nitrogen and oxygen atoms in total. The van der Waals surface area contributed by atoms with Crippen LogP contribution < -0.4 is 0 Å². The molecule has 1 aromatic rings. The minimum Gasteiger partial charge on any atom is -0.378 e. The smallest absolute Gasteiger partial charge is 0.165 e. The quantitative estimate of drug-likeness (QED) is 0.728. The van der Waals surface area contributed by atoms with Crippen molar-refractivity contribution in [3.05, 3.63) is 34.9 Å². The predicted octanol–water partition coefficient (Wildman–Crippen LogP) is 3.30. The molecular formula is C14H20O2. The van der Waals surface area contributed by atoms with E-state index in [4.69, 9.17) is 4.74 Å². The molecule has 0 fully saturated rings. The number of methoxy groups -OCH3 is 1. The van der Waals surface area contributed by atoms with Crippen molar-refractivity contribution in [2.45, 2.75) is 39.7 Å². The zero-order chi connectivity index (χ0) is 12.3. The molecule has 0 amide bonds. The van der Waals surface area contributed by atoms with Crippen LogP contribution >= 0.6 is 0 Å². The standard InChI is InChI=1S/C14H20O2/c1-10-6-7-12(8-11(10)2)13(15)9-14(3,4)16-5/h6-8H,9H2,1-5H3. The van der Waals surface area contributed by atoms with Gasteiger partial charge < -0.3 is 4.74 Å². The third-order valence-corrected chi connectivity index (χ3v) is 2.97. The highest BCUT2D eigenvalue weighted by molar-refractivity contribution is 5.96. The summed E-state index contributed by atoms with van der Waals surface area (Å²) in [6.07, 6.45) is 0.409. The molecule has 88 valence electrons. The van der Waals surface area contributed by atoms with E-state index in [0.29, 0.717) is 6.42 Å². The molecule has 1 aromatic carbocycles. The second-order valence-electron chi connectivity index (χ2n) is 4.86. The van der Waals surface area contributed by atoms with Crippen LogP contribution in [0, 0.1) is 13.8 Å². The lowest BCUT2D eigenvalue weighted by Gasteiger charge is -2.21. The van der Waals surface area contributed by atoms with Crippen LogP contribution in [0.5, 0.6) is 0 Å². The van der Waals surface area contributed by atoms with E-state index in [-0.39, 0.29) is 5.78 Å². The summed E-state index contributed by atoms with van der Waals surface area (Å²) in [7, 11) is 1.63. The van der Waals surface area contributed by atoms with Gasteiger partial charge in [0.25, 0.3) is 0 Å². The summed E-state index contributed by atoms with van der Waals surface area (Å²) in [6, 6.07) is 5.82. The van der Waals surface area contributed by atoms with Gasteiger partial charge in [0.1, 0.15) is 0 Å². The second-order valence-corrected chi connectivity index (χ2v) is 4.86. The number of hydrogen-bond acceptors (Lipinski definition) is 2. The Kier molecular flexibility index (Phi) is 3.87. The highest BCUT2D eigenvalue weighted by Crippen LogP contribution is 2.18. The molecule has 0 aliphatic rings. The van der Waals surface area contributed by atoms with Crippen molar-refractivity contribution in [2.24, 2.45) is 0 Å². The van der Waals surface area contributed by atoms with Gasteiger partial charge >= 0.3 is 0 Å². The number of hydrogen-bond donors (Lipinski definition) is 0. The summed E-state index contributed by atoms with van der Waals surface area (Å²) in [5.41, 5.74) is 2.74. The van der Waals surface area contributed by atoms with Crippen LogP contribution in [0.25, 0.3) is 0 Å². The maximum absolute atomic E-state index is 12.0. The van der Waals surface area contributed by atoms with E-state index in [1.165, 1.54) is 5.56 Å². The lowest BCUT2D eigenvalue weighted by atomic mass is 9.95. The highest BCUT2D eigenvalue weighted by atomic mass is 16.5. The molecule has 16 heavy (non-hydrogen) atoms. The zero-order valence-electron chi connectivity index (χ0n) is 10.8. The number of ketones is 1. The van der Waals surface area contributed by atoms with E-state index in [0.717, 1.165) is 11.1 Å². The van der Waals surface area contributed by atoms with Gasteiger partial charge in [0.2, 0.25) is 0 Å². The molecule has 0 atom stereocenters. The van der Waals surface area contributed by atoms with Gasteiger partial charge in [-0.15, -0.1) is 0 Å². The Morgan fingerprint density at radius 1 is 1.25 bits per heavy atom. The highest BCUT2D eigenvalue weighted by Gasteiger charge is 2.21. The first-order chi connectivity index (χ1) is 7.35. The normalized spacial score (nSPS) is 11.6. The second kappa shape index (κ2) is 4.79. The number of Topliss-reactive ketones (excluding diaryl/α,β-unsaturated/α-hetero) is 1. The maximum atomic E-state index is 12.0. The van der Waals surface area contributed by atoms with Crippen molar-refractivity contribution < 1.29 is 9.53 Å². The van der Waals surface area contributed by atoms with Crippen LogP contribution in [0.1, 0.15) is 41.8 Å². The molecule has 2 heteroatoms. The molecule has 0 unspecified atom stereocenters. The fraction of sp³-hybridized carbons (Fsp3) is 0.500. The topological polar surface area (TPSA) is 26.3 Å². The number of ether oxygens (including phenoxy) is 1. The van der Waals surface area contributed by atoms with Gasteiger partial charge in [-0.25, -0.2) is 0 Å². The van der Waals surface area contributed by atoms with Gasteiger partial charge in [0, 0.05) is 19.1 Å². The lowest BCUT2D eigenvalue weighted by Crippen LogP contribution is -2.26. The minimum atomic E-state index is -0.393. The van der Waals surface area contributed by atoms with Crippen LogP contribution in [0.15, 0.2) is 18.2 Å². The average molecular weight is 220 g/mol. The van der Waals surface area contributed by atoms with E-state index in [9.17, 15) is 4.79 Å². The Balaban J connectivity index is 2.85. The molecule has 0 spiro atoms. The van der Waals surface area contributed by atoms with Crippen molar-refractivity contribution >= 4 is 5.78 Å². The molecule has 0 radical (unpaired) electrons. The van der Waals surface area contributed by atoms with Crippen LogP contribution in [-0.4, -0.2) is 18.5 Å². The number of carbonyl (C=O) groups excluding carboxylic acids is 1. The number of carbonyl (C=O) groups is 1. The van der Waals surface area contributed by atoms with E-state index >= 15 is 0 Å². The van der Waals surface area contributed by atoms with Crippen molar-refractivity contribution in [3.8, 4) is 0 Å². The number of benzene rings is 1. The summed E-state index contributed by atoms with van der Waals surface area (Å²) >= 11 is 0. The predicted molar refractivity (Wildman–Crippen MR) is 66.0 cm³/mol. The first-order valence-electron chi connectivity index (χ1n) is 5.51. The molecule has 1 rings (SSSR count). The van der Waals surface area contributed by atoms with Crippen LogP contribution in [-0.2, 0) is 4.74 Å². The average Bonchev–Trinajstić information content (AvgIpc) is 2.21. The number of aryl methyl sites for hydroxylation is 2. The fourth-order valence-corrected chi connectivity index (χ4v) is 1.48. The van der Waals surface area contributed by atoms with E-state index in [2.05, 4.69) is 0 Å². The Labute approximate surface area is 97.6 Å². The lowest BCUT2D eigenvalue weighted by molar-refractivity contribution is 0.0172. The Bertz CT molecular complexity index is 392. The SMILES string of the molecule is COC(C)(C)CC(=O)c1ccc(C)c(C)c1. The molecule has 0 aromatic heterocycles. The molecule has 0 aliphatic carbocycles. The monoisotopic (exact) mass is 220 g/mol. The van der Waals surface area contributed by atoms with Crippen molar-refractivity contribution in [1.29, 1.82) is 0 Å². The van der Waals surface area contributed by atoms with Crippen LogP contribution in [0.3, 0.4) is 0 Å². The largest absolute Gasteiger partial charge is 0.378 e. The van der Waals surface area contributed by atoms with Gasteiger partial charge in [-0.2, -0.15) is 0 Å². The summed E-state index contributed by atoms with van der Waals surface area (Å²) in [4.78, 5) is 12.0. The van der Waals surface area contributed by atoms with Gasteiger partial charge in [-0.05, 0) is 44.9 Å². The Morgan fingerprint density at radius 3 is 2.38 bits per heavy atom. The van der Waals surface area contributed by atoms with E-state index < -0.39 is 5.60 Å². The van der Waals surface area contributed by atoms with Gasteiger partial charge in [-0.1, -0.05) is 12.1 Å². The van der Waals surface area contributed by atoms with E-state index in [1.54, 1.807) is 7.11 Å². The van der Waals surface area contributed by atoms with Crippen molar-refractivity contribution in [1.82, 2.24) is 0 Å². The van der Waals surface area contributed by atoms with Gasteiger partial charge in [-0.3, -0.25) is 4.79 Å².